The number of hydrogen-bond donors (Lipinski definition) is 3. The largest absolute Gasteiger partial charge is 0.481 e. The summed E-state index contributed by atoms with van der Waals surface area (Å²) < 4.78 is 6.28. The molecule has 3 N–H and O–H groups in total. The maximum absolute atomic E-state index is 11.2. The highest BCUT2D eigenvalue weighted by molar-refractivity contribution is 7.98. The maximum atomic E-state index is 11.2. The number of carbonyl (C=O) groups is 1. The molecule has 192 valence electrons. The van der Waals surface area contributed by atoms with Crippen molar-refractivity contribution in [3.05, 3.63) is 35.9 Å². The van der Waals surface area contributed by atoms with E-state index < -0.39 is 11.6 Å². The van der Waals surface area contributed by atoms with E-state index in [4.69, 9.17) is 9.84 Å². The quantitative estimate of drug-likeness (QED) is 0.230. The van der Waals surface area contributed by atoms with Gasteiger partial charge in [-0.2, -0.15) is 11.8 Å². The van der Waals surface area contributed by atoms with Gasteiger partial charge in [0.1, 0.15) is 0 Å². The van der Waals surface area contributed by atoms with Crippen molar-refractivity contribution in [3.63, 3.8) is 0 Å². The van der Waals surface area contributed by atoms with Crippen molar-refractivity contribution in [1.82, 2.24) is 5.32 Å². The van der Waals surface area contributed by atoms with E-state index in [1.807, 2.05) is 17.8 Å². The molecule has 5 atom stereocenters. The van der Waals surface area contributed by atoms with Gasteiger partial charge in [-0.05, 0) is 62.5 Å². The van der Waals surface area contributed by atoms with Crippen LogP contribution in [0, 0.1) is 11.8 Å². The second kappa shape index (κ2) is 14.5. The smallest absolute Gasteiger partial charge is 0.303 e. The van der Waals surface area contributed by atoms with Gasteiger partial charge in [-0.1, -0.05) is 62.9 Å². The van der Waals surface area contributed by atoms with Crippen LogP contribution in [-0.2, 0) is 15.3 Å². The third-order valence-electron chi connectivity index (χ3n) is 7.57. The number of carboxylic acid groups (broad SMARTS) is 1. The fourth-order valence-electron chi connectivity index (χ4n) is 5.88. The fourth-order valence-corrected chi connectivity index (χ4v) is 7.04. The molecule has 2 heterocycles. The molecule has 0 saturated carbocycles. The van der Waals surface area contributed by atoms with E-state index in [0.717, 1.165) is 56.6 Å². The van der Waals surface area contributed by atoms with Gasteiger partial charge in [0.25, 0.3) is 0 Å². The zero-order valence-electron chi connectivity index (χ0n) is 20.9. The van der Waals surface area contributed by atoms with Crippen molar-refractivity contribution in [3.8, 4) is 0 Å². The lowest BCUT2D eigenvalue weighted by atomic mass is 9.75. The molecule has 2 saturated heterocycles. The summed E-state index contributed by atoms with van der Waals surface area (Å²) in [5.41, 5.74) is 0.651. The number of aliphatic carboxylic acids is 1. The molecule has 0 aromatic heterocycles. The summed E-state index contributed by atoms with van der Waals surface area (Å²) in [6.07, 6.45) is 11.8. The predicted molar refractivity (Wildman–Crippen MR) is 140 cm³/mol. The summed E-state index contributed by atoms with van der Waals surface area (Å²) in [5.74, 6) is 2.28. The number of hydrogen-bond acceptors (Lipinski definition) is 5. The van der Waals surface area contributed by atoms with Crippen LogP contribution in [0.15, 0.2) is 30.3 Å². The minimum Gasteiger partial charge on any atom is -0.481 e. The lowest BCUT2D eigenvalue weighted by Crippen LogP contribution is -2.43. The van der Waals surface area contributed by atoms with Crippen LogP contribution < -0.4 is 5.32 Å². The summed E-state index contributed by atoms with van der Waals surface area (Å²) in [5, 5.41) is 23.6. The molecule has 5 nitrogen and oxygen atoms in total. The van der Waals surface area contributed by atoms with Crippen molar-refractivity contribution >= 4 is 17.7 Å². The third kappa shape index (κ3) is 8.85. The third-order valence-corrected chi connectivity index (χ3v) is 8.85. The highest BCUT2D eigenvalue weighted by Gasteiger charge is 2.47. The lowest BCUT2D eigenvalue weighted by Gasteiger charge is -2.30. The van der Waals surface area contributed by atoms with Gasteiger partial charge < -0.3 is 20.3 Å². The number of unbranched alkanes of at least 4 members (excludes halogenated alkanes) is 3. The van der Waals surface area contributed by atoms with Crippen molar-refractivity contribution in [1.29, 1.82) is 0 Å². The van der Waals surface area contributed by atoms with E-state index in [2.05, 4.69) is 36.5 Å². The maximum Gasteiger partial charge on any atom is 0.303 e. The molecule has 0 aliphatic carbocycles. The summed E-state index contributed by atoms with van der Waals surface area (Å²) in [6, 6.07) is 10.5. The Bertz CT molecular complexity index is 718. The second-order valence-corrected chi connectivity index (χ2v) is 11.4. The van der Waals surface area contributed by atoms with Crippen LogP contribution in [0.25, 0.3) is 0 Å². The van der Waals surface area contributed by atoms with Crippen molar-refractivity contribution in [2.24, 2.45) is 11.8 Å². The predicted octanol–water partition coefficient (Wildman–Crippen LogP) is 5.65. The minimum absolute atomic E-state index is 0.292. The number of carboxylic acids is 1. The normalized spacial score (nSPS) is 25.5. The zero-order chi connectivity index (χ0) is 24.2. The first-order valence-corrected chi connectivity index (χ1v) is 14.6. The Hall–Kier alpha value is -1.08. The average molecular weight is 492 g/mol. The van der Waals surface area contributed by atoms with Crippen molar-refractivity contribution in [2.75, 3.05) is 18.8 Å². The summed E-state index contributed by atoms with van der Waals surface area (Å²) >= 11 is 1.82. The van der Waals surface area contributed by atoms with Crippen LogP contribution in [0.3, 0.4) is 0 Å². The first kappa shape index (κ1) is 27.5. The van der Waals surface area contributed by atoms with Crippen LogP contribution in [-0.4, -0.2) is 52.8 Å². The van der Waals surface area contributed by atoms with E-state index >= 15 is 0 Å². The van der Waals surface area contributed by atoms with Gasteiger partial charge in [0.2, 0.25) is 0 Å². The Balaban J connectivity index is 1.36. The molecule has 1 aromatic rings. The Morgan fingerprint density at radius 2 is 1.79 bits per heavy atom. The highest BCUT2D eigenvalue weighted by atomic mass is 32.2. The Labute approximate surface area is 210 Å². The first-order chi connectivity index (χ1) is 16.5. The molecule has 0 radical (unpaired) electrons. The van der Waals surface area contributed by atoms with Gasteiger partial charge >= 0.3 is 5.97 Å². The number of ether oxygens (including phenoxy) is 1. The Morgan fingerprint density at radius 3 is 2.50 bits per heavy atom. The summed E-state index contributed by atoms with van der Waals surface area (Å²) in [6.45, 7) is 3.73. The molecule has 3 rings (SSSR count). The van der Waals surface area contributed by atoms with E-state index in [-0.39, 0.29) is 0 Å². The van der Waals surface area contributed by atoms with Crippen LogP contribution in [0.1, 0.15) is 83.1 Å². The van der Waals surface area contributed by atoms with Gasteiger partial charge in [0.05, 0.1) is 17.8 Å². The van der Waals surface area contributed by atoms with Crippen LogP contribution >= 0.6 is 11.8 Å². The van der Waals surface area contributed by atoms with Gasteiger partial charge in [-0.3, -0.25) is 4.79 Å². The second-order valence-electron chi connectivity index (χ2n) is 10.4. The molecule has 0 spiro atoms. The molecule has 1 aromatic carbocycles. The number of benzene rings is 1. The molecule has 34 heavy (non-hydrogen) atoms. The van der Waals surface area contributed by atoms with E-state index in [9.17, 15) is 9.90 Å². The molecule has 5 unspecified atom stereocenters. The molecule has 2 aliphatic heterocycles. The van der Waals surface area contributed by atoms with Crippen molar-refractivity contribution < 1.29 is 19.7 Å². The van der Waals surface area contributed by atoms with E-state index in [1.54, 1.807) is 0 Å². The van der Waals surface area contributed by atoms with Gasteiger partial charge in [-0.15, -0.1) is 0 Å². The number of fused-ring (bicyclic) bond motifs is 2. The average Bonchev–Trinajstić information content (AvgIpc) is 3.42. The van der Waals surface area contributed by atoms with Crippen LogP contribution in [0.4, 0.5) is 0 Å². The van der Waals surface area contributed by atoms with Gasteiger partial charge in [-0.25, -0.2) is 0 Å². The number of rotatable bonds is 18. The number of nitrogens with one attached hydrogen (secondary N) is 1. The van der Waals surface area contributed by atoms with Gasteiger partial charge in [0, 0.05) is 24.5 Å². The summed E-state index contributed by atoms with van der Waals surface area (Å²) in [4.78, 5) is 10.7. The van der Waals surface area contributed by atoms with Crippen LogP contribution in [0.5, 0.6) is 0 Å². The molecular formula is C28H45NO4S. The van der Waals surface area contributed by atoms with E-state index in [1.165, 1.54) is 31.2 Å². The standard InChI is InChI=1S/C28H45NO4S/c1-2-17-28(32,21-34-19-22-10-6-5-7-11-22)20-29-18-16-24-23(25-14-15-26(24)33-25)12-8-3-4-9-13-27(30)31/h5-7,10-11,23-26,29,32H,2-4,8-9,12-21H2,1H3,(H,30,31). The van der Waals surface area contributed by atoms with Crippen molar-refractivity contribution in [2.45, 2.75) is 101 Å². The Morgan fingerprint density at radius 1 is 1.09 bits per heavy atom. The molecular weight excluding hydrogens is 446 g/mol. The fraction of sp³-hybridized carbons (Fsp3) is 0.750. The van der Waals surface area contributed by atoms with Gasteiger partial charge in [0.15, 0.2) is 0 Å². The first-order valence-electron chi connectivity index (χ1n) is 13.4. The Kier molecular flexibility index (Phi) is 11.7. The zero-order valence-corrected chi connectivity index (χ0v) is 21.7. The molecule has 2 bridgehead atoms. The number of thioether (sulfide) groups is 1. The number of aliphatic hydroxyl groups is 1. The van der Waals surface area contributed by atoms with Crippen LogP contribution in [0.2, 0.25) is 0 Å². The lowest BCUT2D eigenvalue weighted by molar-refractivity contribution is -0.137. The monoisotopic (exact) mass is 491 g/mol. The topological polar surface area (TPSA) is 78.8 Å². The molecule has 2 fully saturated rings. The van der Waals surface area contributed by atoms with E-state index in [0.29, 0.717) is 37.0 Å². The molecule has 6 heteroatoms. The SMILES string of the molecule is CCCC(O)(CNCCC1C2CCC(O2)C1CCCCCCC(=O)O)CSCc1ccccc1. The molecule has 2 aliphatic rings. The highest BCUT2D eigenvalue weighted by Crippen LogP contribution is 2.47. The molecule has 0 amide bonds. The minimum atomic E-state index is -0.685. The summed E-state index contributed by atoms with van der Waals surface area (Å²) in [7, 11) is 0.